The van der Waals surface area contributed by atoms with Crippen molar-refractivity contribution in [2.75, 3.05) is 37.6 Å². The number of hydrogen-bond acceptors (Lipinski definition) is 6. The Hall–Kier alpha value is -2.71. The number of carbonyl (C=O) groups is 2. The summed E-state index contributed by atoms with van der Waals surface area (Å²) in [5.41, 5.74) is 0.809. The van der Waals surface area contributed by atoms with Crippen LogP contribution in [0.1, 0.15) is 26.1 Å². The molecule has 9 nitrogen and oxygen atoms in total. The largest absolute Gasteiger partial charge is 0.352 e. The average molecular weight is 373 g/mol. The lowest BCUT2D eigenvalue weighted by Crippen LogP contribution is -2.51. The smallest absolute Gasteiger partial charge is 0.242 e. The molecule has 2 amide bonds. The maximum absolute atomic E-state index is 12.4. The van der Waals surface area contributed by atoms with E-state index in [2.05, 4.69) is 25.3 Å². The molecule has 27 heavy (non-hydrogen) atoms. The first-order valence-corrected chi connectivity index (χ1v) is 9.37. The molecule has 3 rings (SSSR count). The summed E-state index contributed by atoms with van der Waals surface area (Å²) in [6.45, 7) is 8.32. The SMILES string of the molecule is CCC(C)C(=O)NCC(=O)N1CCN(c2nc(C)nc3c2cnn3C)CC1. The Bertz CT molecular complexity index is 840. The molecule has 146 valence electrons. The van der Waals surface area contributed by atoms with Gasteiger partial charge >= 0.3 is 0 Å². The van der Waals surface area contributed by atoms with Gasteiger partial charge in [-0.05, 0) is 13.3 Å². The zero-order valence-corrected chi connectivity index (χ0v) is 16.4. The molecular formula is C18H27N7O2. The number of nitrogens with zero attached hydrogens (tertiary/aromatic N) is 6. The number of rotatable bonds is 5. The summed E-state index contributed by atoms with van der Waals surface area (Å²) < 4.78 is 1.74. The second-order valence-corrected chi connectivity index (χ2v) is 6.99. The Morgan fingerprint density at radius 3 is 2.59 bits per heavy atom. The van der Waals surface area contributed by atoms with Gasteiger partial charge < -0.3 is 15.1 Å². The van der Waals surface area contributed by atoms with E-state index in [1.807, 2.05) is 27.8 Å². The summed E-state index contributed by atoms with van der Waals surface area (Å²) in [6, 6.07) is 0. The summed E-state index contributed by atoms with van der Waals surface area (Å²) >= 11 is 0. The Kier molecular flexibility index (Phi) is 5.57. The Morgan fingerprint density at radius 2 is 1.93 bits per heavy atom. The van der Waals surface area contributed by atoms with Crippen molar-refractivity contribution >= 4 is 28.7 Å². The average Bonchev–Trinajstić information content (AvgIpc) is 3.05. The molecule has 2 aromatic heterocycles. The van der Waals surface area contributed by atoms with E-state index in [9.17, 15) is 9.59 Å². The number of anilines is 1. The van der Waals surface area contributed by atoms with E-state index < -0.39 is 0 Å². The molecule has 2 aromatic rings. The third-order valence-electron chi connectivity index (χ3n) is 5.09. The Labute approximate surface area is 158 Å². The van der Waals surface area contributed by atoms with E-state index in [-0.39, 0.29) is 24.3 Å². The van der Waals surface area contributed by atoms with Gasteiger partial charge in [0.15, 0.2) is 5.65 Å². The number of aryl methyl sites for hydroxylation is 2. The first-order valence-electron chi connectivity index (χ1n) is 9.37. The normalized spacial score (nSPS) is 15.9. The molecule has 1 fully saturated rings. The van der Waals surface area contributed by atoms with Crippen LogP contribution in [-0.2, 0) is 16.6 Å². The number of aromatic nitrogens is 4. The van der Waals surface area contributed by atoms with Crippen LogP contribution in [0.4, 0.5) is 5.82 Å². The molecule has 1 aliphatic rings. The summed E-state index contributed by atoms with van der Waals surface area (Å²) in [7, 11) is 1.86. The lowest BCUT2D eigenvalue weighted by Gasteiger charge is -2.35. The monoisotopic (exact) mass is 373 g/mol. The van der Waals surface area contributed by atoms with Crippen LogP contribution >= 0.6 is 0 Å². The van der Waals surface area contributed by atoms with Crippen molar-refractivity contribution in [2.45, 2.75) is 27.2 Å². The predicted octanol–water partition coefficient (Wildman–Crippen LogP) is 0.483. The first-order chi connectivity index (χ1) is 12.9. The molecule has 0 bridgehead atoms. The van der Waals surface area contributed by atoms with Crippen molar-refractivity contribution in [1.82, 2.24) is 30.0 Å². The van der Waals surface area contributed by atoms with Gasteiger partial charge in [-0.25, -0.2) is 9.97 Å². The van der Waals surface area contributed by atoms with Crippen LogP contribution in [-0.4, -0.2) is 69.2 Å². The van der Waals surface area contributed by atoms with Crippen LogP contribution in [0, 0.1) is 12.8 Å². The van der Waals surface area contributed by atoms with Gasteiger partial charge in [-0.1, -0.05) is 13.8 Å². The zero-order chi connectivity index (χ0) is 19.6. The molecule has 0 saturated carbocycles. The molecule has 1 saturated heterocycles. The van der Waals surface area contributed by atoms with Crippen LogP contribution < -0.4 is 10.2 Å². The number of nitrogens with one attached hydrogen (secondary N) is 1. The number of fused-ring (bicyclic) bond motifs is 1. The van der Waals surface area contributed by atoms with E-state index in [0.29, 0.717) is 32.0 Å². The van der Waals surface area contributed by atoms with Crippen molar-refractivity contribution in [3.63, 3.8) is 0 Å². The van der Waals surface area contributed by atoms with E-state index in [1.54, 1.807) is 15.8 Å². The molecule has 0 aromatic carbocycles. The number of carbonyl (C=O) groups excluding carboxylic acids is 2. The highest BCUT2D eigenvalue weighted by molar-refractivity contribution is 5.88. The van der Waals surface area contributed by atoms with Crippen LogP contribution in [0.3, 0.4) is 0 Å². The molecule has 3 heterocycles. The van der Waals surface area contributed by atoms with Crippen molar-refractivity contribution < 1.29 is 9.59 Å². The van der Waals surface area contributed by atoms with E-state index in [0.717, 1.165) is 23.3 Å². The molecular weight excluding hydrogens is 346 g/mol. The molecule has 0 radical (unpaired) electrons. The fraction of sp³-hybridized carbons (Fsp3) is 0.611. The van der Waals surface area contributed by atoms with Gasteiger partial charge in [0.2, 0.25) is 11.8 Å². The molecule has 1 unspecified atom stereocenters. The number of hydrogen-bond donors (Lipinski definition) is 1. The van der Waals surface area contributed by atoms with E-state index >= 15 is 0 Å². The second-order valence-electron chi connectivity index (χ2n) is 6.99. The standard InChI is InChI=1S/C18H27N7O2/c1-5-12(2)18(27)19-11-15(26)24-6-8-25(9-7-24)17-14-10-20-23(4)16(14)21-13(3)22-17/h10,12H,5-9,11H2,1-4H3,(H,19,27). The van der Waals surface area contributed by atoms with Crippen molar-refractivity contribution in [3.05, 3.63) is 12.0 Å². The highest BCUT2D eigenvalue weighted by atomic mass is 16.2. The molecule has 9 heteroatoms. The van der Waals surface area contributed by atoms with Gasteiger partial charge in [0, 0.05) is 39.1 Å². The summed E-state index contributed by atoms with van der Waals surface area (Å²) in [4.78, 5) is 37.2. The summed E-state index contributed by atoms with van der Waals surface area (Å²) in [6.07, 6.45) is 2.55. The third kappa shape index (κ3) is 4.01. The number of piperazine rings is 1. The fourth-order valence-electron chi connectivity index (χ4n) is 3.16. The highest BCUT2D eigenvalue weighted by Gasteiger charge is 2.24. The maximum atomic E-state index is 12.4. The molecule has 0 aliphatic carbocycles. The van der Waals surface area contributed by atoms with Gasteiger partial charge in [-0.3, -0.25) is 14.3 Å². The first kappa shape index (κ1) is 19.1. The summed E-state index contributed by atoms with van der Waals surface area (Å²) in [5.74, 6) is 1.38. The minimum Gasteiger partial charge on any atom is -0.352 e. The second kappa shape index (κ2) is 7.89. The third-order valence-corrected chi connectivity index (χ3v) is 5.09. The predicted molar refractivity (Wildman–Crippen MR) is 102 cm³/mol. The Balaban J connectivity index is 1.61. The van der Waals surface area contributed by atoms with Crippen LogP contribution in [0.15, 0.2) is 6.20 Å². The zero-order valence-electron chi connectivity index (χ0n) is 16.4. The van der Waals surface area contributed by atoms with Crippen LogP contribution in [0.5, 0.6) is 0 Å². The quantitative estimate of drug-likeness (QED) is 0.819. The van der Waals surface area contributed by atoms with Gasteiger partial charge in [-0.15, -0.1) is 0 Å². The maximum Gasteiger partial charge on any atom is 0.242 e. The Morgan fingerprint density at radius 1 is 1.22 bits per heavy atom. The van der Waals surface area contributed by atoms with E-state index in [1.165, 1.54) is 0 Å². The van der Waals surface area contributed by atoms with Crippen LogP contribution in [0.25, 0.3) is 11.0 Å². The number of amides is 2. The lowest BCUT2D eigenvalue weighted by atomic mass is 10.1. The minimum absolute atomic E-state index is 0.0447. The highest BCUT2D eigenvalue weighted by Crippen LogP contribution is 2.24. The summed E-state index contributed by atoms with van der Waals surface area (Å²) in [5, 5.41) is 7.93. The minimum atomic E-state index is -0.0717. The van der Waals surface area contributed by atoms with Gasteiger partial charge in [0.05, 0.1) is 18.1 Å². The van der Waals surface area contributed by atoms with Crippen molar-refractivity contribution in [2.24, 2.45) is 13.0 Å². The fourth-order valence-corrected chi connectivity index (χ4v) is 3.16. The van der Waals surface area contributed by atoms with Gasteiger partial charge in [-0.2, -0.15) is 5.10 Å². The molecule has 0 spiro atoms. The van der Waals surface area contributed by atoms with Gasteiger partial charge in [0.1, 0.15) is 11.6 Å². The topological polar surface area (TPSA) is 96.2 Å². The van der Waals surface area contributed by atoms with Gasteiger partial charge in [0.25, 0.3) is 0 Å². The molecule has 1 atom stereocenters. The molecule has 1 aliphatic heterocycles. The lowest BCUT2D eigenvalue weighted by molar-refractivity contribution is -0.134. The van der Waals surface area contributed by atoms with E-state index in [4.69, 9.17) is 0 Å². The van der Waals surface area contributed by atoms with Crippen molar-refractivity contribution in [3.8, 4) is 0 Å². The molecule has 1 N–H and O–H groups in total. The van der Waals surface area contributed by atoms with Crippen molar-refractivity contribution in [1.29, 1.82) is 0 Å². The van der Waals surface area contributed by atoms with Crippen LogP contribution in [0.2, 0.25) is 0 Å².